The van der Waals surface area contributed by atoms with Crippen molar-refractivity contribution in [2.24, 2.45) is 0 Å². The molecule has 0 aliphatic rings. The largest absolute Gasteiger partial charge is 0.385 e. The number of hydrogen-bond acceptors (Lipinski definition) is 5. The monoisotopic (exact) mass is 390 g/mol. The Morgan fingerprint density at radius 1 is 1.46 bits per heavy atom. The predicted octanol–water partition coefficient (Wildman–Crippen LogP) is 2.65. The van der Waals surface area contributed by atoms with Gasteiger partial charge in [-0.3, -0.25) is 9.36 Å². The van der Waals surface area contributed by atoms with Gasteiger partial charge in [0.2, 0.25) is 5.91 Å². The van der Waals surface area contributed by atoms with E-state index in [0.717, 1.165) is 11.8 Å². The van der Waals surface area contributed by atoms with Crippen LogP contribution in [-0.4, -0.2) is 40.1 Å². The number of hydrogen-bond donors (Lipinski definition) is 2. The minimum absolute atomic E-state index is 0.0808. The van der Waals surface area contributed by atoms with E-state index in [0.29, 0.717) is 40.5 Å². The number of aromatic nitrogens is 3. The van der Waals surface area contributed by atoms with Crippen LogP contribution in [0.1, 0.15) is 6.42 Å². The fourth-order valence-electron chi connectivity index (χ4n) is 1.89. The first kappa shape index (κ1) is 18.9. The van der Waals surface area contributed by atoms with Gasteiger partial charge in [-0.1, -0.05) is 35.0 Å². The number of halogens is 2. The van der Waals surface area contributed by atoms with Crippen LogP contribution in [0.15, 0.2) is 28.2 Å². The standard InChI is InChI=1S/C14H16Cl2N4O3S/c1-23-6-2-5-20-13(22)18-19-14(20)24-8-12(21)17-11-7-9(15)3-4-10(11)16/h3-4,7H,2,5-6,8H2,1H3,(H,17,21)(H,18,22). The van der Waals surface area contributed by atoms with Gasteiger partial charge < -0.3 is 10.1 Å². The number of methoxy groups -OCH3 is 1. The van der Waals surface area contributed by atoms with E-state index in [2.05, 4.69) is 15.5 Å². The molecule has 7 nitrogen and oxygen atoms in total. The summed E-state index contributed by atoms with van der Waals surface area (Å²) >= 11 is 13.0. The third kappa shape index (κ3) is 5.27. The fraction of sp³-hybridized carbons (Fsp3) is 0.357. The second kappa shape index (κ2) is 9.12. The van der Waals surface area contributed by atoms with Gasteiger partial charge in [-0.2, -0.15) is 0 Å². The quantitative estimate of drug-likeness (QED) is 0.534. The normalized spacial score (nSPS) is 10.8. The molecule has 0 bridgehead atoms. The van der Waals surface area contributed by atoms with Gasteiger partial charge in [-0.25, -0.2) is 9.89 Å². The molecule has 0 aliphatic carbocycles. The van der Waals surface area contributed by atoms with Gasteiger partial charge in [0.15, 0.2) is 5.16 Å². The minimum Gasteiger partial charge on any atom is -0.385 e. The summed E-state index contributed by atoms with van der Waals surface area (Å²) < 4.78 is 6.44. The van der Waals surface area contributed by atoms with Crippen molar-refractivity contribution in [3.05, 3.63) is 38.7 Å². The summed E-state index contributed by atoms with van der Waals surface area (Å²) in [6, 6.07) is 4.81. The molecular formula is C14H16Cl2N4O3S. The van der Waals surface area contributed by atoms with Gasteiger partial charge in [-0.05, 0) is 24.6 Å². The number of rotatable bonds is 8. The van der Waals surface area contributed by atoms with Crippen LogP contribution in [0, 0.1) is 0 Å². The summed E-state index contributed by atoms with van der Waals surface area (Å²) in [4.78, 5) is 23.8. The van der Waals surface area contributed by atoms with Gasteiger partial charge in [0.25, 0.3) is 0 Å². The van der Waals surface area contributed by atoms with Crippen LogP contribution in [-0.2, 0) is 16.1 Å². The number of H-pyrrole nitrogens is 1. The highest BCUT2D eigenvalue weighted by Crippen LogP contribution is 2.25. The van der Waals surface area contributed by atoms with Gasteiger partial charge >= 0.3 is 5.69 Å². The van der Waals surface area contributed by atoms with Crippen LogP contribution in [0.3, 0.4) is 0 Å². The Bertz CT molecular complexity index is 763. The molecule has 0 spiro atoms. The second-order valence-electron chi connectivity index (χ2n) is 4.77. The first-order valence-corrected chi connectivity index (χ1v) is 8.77. The molecule has 1 heterocycles. The Labute approximate surface area is 152 Å². The summed E-state index contributed by atoms with van der Waals surface area (Å²) in [5.74, 6) is -0.194. The van der Waals surface area contributed by atoms with Crippen molar-refractivity contribution in [2.45, 2.75) is 18.1 Å². The number of carbonyl (C=O) groups excluding carboxylic acids is 1. The molecular weight excluding hydrogens is 375 g/mol. The second-order valence-corrected chi connectivity index (χ2v) is 6.56. The lowest BCUT2D eigenvalue weighted by molar-refractivity contribution is -0.113. The molecule has 0 saturated heterocycles. The molecule has 2 aromatic rings. The maximum atomic E-state index is 12.0. The molecule has 1 aromatic heterocycles. The summed E-state index contributed by atoms with van der Waals surface area (Å²) in [5.41, 5.74) is 0.126. The molecule has 0 unspecified atom stereocenters. The van der Waals surface area contributed by atoms with E-state index in [1.54, 1.807) is 25.3 Å². The first-order chi connectivity index (χ1) is 11.5. The number of thioether (sulfide) groups is 1. The molecule has 2 rings (SSSR count). The highest BCUT2D eigenvalue weighted by atomic mass is 35.5. The zero-order valence-electron chi connectivity index (χ0n) is 12.8. The Morgan fingerprint density at radius 3 is 3.00 bits per heavy atom. The van der Waals surface area contributed by atoms with Crippen LogP contribution in [0.2, 0.25) is 10.0 Å². The lowest BCUT2D eigenvalue weighted by Gasteiger charge is -2.08. The highest BCUT2D eigenvalue weighted by Gasteiger charge is 2.12. The third-order valence-electron chi connectivity index (χ3n) is 2.99. The third-order valence-corrected chi connectivity index (χ3v) is 4.53. The molecule has 24 heavy (non-hydrogen) atoms. The van der Waals surface area contributed by atoms with E-state index in [9.17, 15) is 9.59 Å². The Kier molecular flexibility index (Phi) is 7.16. The lowest BCUT2D eigenvalue weighted by Crippen LogP contribution is -2.19. The fourth-order valence-corrected chi connectivity index (χ4v) is 3.00. The maximum absolute atomic E-state index is 12.0. The number of nitrogens with one attached hydrogen (secondary N) is 2. The average Bonchev–Trinajstić information content (AvgIpc) is 2.90. The predicted molar refractivity (Wildman–Crippen MR) is 95.2 cm³/mol. The van der Waals surface area contributed by atoms with Gasteiger partial charge in [0.05, 0.1) is 16.5 Å². The number of nitrogens with zero attached hydrogens (tertiary/aromatic N) is 2. The van der Waals surface area contributed by atoms with Crippen molar-refractivity contribution in [2.75, 3.05) is 24.8 Å². The van der Waals surface area contributed by atoms with E-state index in [1.807, 2.05) is 0 Å². The topological polar surface area (TPSA) is 89.0 Å². The summed E-state index contributed by atoms with van der Waals surface area (Å²) in [6.07, 6.45) is 0.674. The SMILES string of the molecule is COCCCn1c(SCC(=O)Nc2cc(Cl)ccc2Cl)n[nH]c1=O. The molecule has 1 amide bonds. The number of aromatic amines is 1. The lowest BCUT2D eigenvalue weighted by atomic mass is 10.3. The van der Waals surface area contributed by atoms with Crippen molar-refractivity contribution >= 4 is 46.6 Å². The minimum atomic E-state index is -0.313. The van der Waals surface area contributed by atoms with E-state index >= 15 is 0 Å². The van der Waals surface area contributed by atoms with Crippen molar-refractivity contribution in [3.63, 3.8) is 0 Å². The summed E-state index contributed by atoms with van der Waals surface area (Å²) in [7, 11) is 1.60. The first-order valence-electron chi connectivity index (χ1n) is 7.03. The van der Waals surface area contributed by atoms with Gasteiger partial charge in [0.1, 0.15) is 0 Å². The molecule has 2 N–H and O–H groups in total. The molecule has 10 heteroatoms. The highest BCUT2D eigenvalue weighted by molar-refractivity contribution is 7.99. The Morgan fingerprint density at radius 2 is 2.25 bits per heavy atom. The van der Waals surface area contributed by atoms with Crippen molar-refractivity contribution in [3.8, 4) is 0 Å². The number of amides is 1. The number of ether oxygens (including phenoxy) is 1. The van der Waals surface area contributed by atoms with E-state index in [-0.39, 0.29) is 17.3 Å². The van der Waals surface area contributed by atoms with E-state index < -0.39 is 0 Å². The zero-order valence-corrected chi connectivity index (χ0v) is 15.2. The van der Waals surface area contributed by atoms with Crippen LogP contribution < -0.4 is 11.0 Å². The molecule has 0 atom stereocenters. The molecule has 1 aromatic carbocycles. The Hall–Kier alpha value is -1.48. The molecule has 0 saturated carbocycles. The summed E-state index contributed by atoms with van der Waals surface area (Å²) in [5, 5.41) is 10.3. The van der Waals surface area contributed by atoms with E-state index in [1.165, 1.54) is 4.57 Å². The number of carbonyl (C=O) groups is 1. The molecule has 0 aliphatic heterocycles. The van der Waals surface area contributed by atoms with Crippen LogP contribution in [0.25, 0.3) is 0 Å². The summed E-state index contributed by atoms with van der Waals surface area (Å²) in [6.45, 7) is 1.00. The molecule has 0 radical (unpaired) electrons. The van der Waals surface area contributed by atoms with Crippen LogP contribution in [0.5, 0.6) is 0 Å². The molecule has 0 fully saturated rings. The van der Waals surface area contributed by atoms with Crippen molar-refractivity contribution in [1.29, 1.82) is 0 Å². The average molecular weight is 391 g/mol. The van der Waals surface area contributed by atoms with Crippen molar-refractivity contribution < 1.29 is 9.53 Å². The van der Waals surface area contributed by atoms with Crippen LogP contribution in [0.4, 0.5) is 5.69 Å². The Balaban J connectivity index is 1.94. The maximum Gasteiger partial charge on any atom is 0.343 e. The smallest absolute Gasteiger partial charge is 0.343 e. The number of anilines is 1. The van der Waals surface area contributed by atoms with Crippen molar-refractivity contribution in [1.82, 2.24) is 14.8 Å². The molecule has 130 valence electrons. The van der Waals surface area contributed by atoms with Gasteiger partial charge in [-0.15, -0.1) is 5.10 Å². The van der Waals surface area contributed by atoms with E-state index in [4.69, 9.17) is 27.9 Å². The zero-order chi connectivity index (χ0) is 17.5. The van der Waals surface area contributed by atoms with Crippen LogP contribution >= 0.6 is 35.0 Å². The number of benzene rings is 1. The van der Waals surface area contributed by atoms with Gasteiger partial charge in [0, 0.05) is 25.3 Å².